The second-order valence-electron chi connectivity index (χ2n) is 5.77. The molecule has 1 fully saturated rings. The monoisotopic (exact) mass is 274 g/mol. The first-order chi connectivity index (χ1) is 9.69. The Morgan fingerprint density at radius 3 is 2.90 bits per heavy atom. The predicted octanol–water partition coefficient (Wildman–Crippen LogP) is 1.89. The van der Waals surface area contributed by atoms with Crippen molar-refractivity contribution in [2.75, 3.05) is 20.7 Å². The van der Waals surface area contributed by atoms with Crippen LogP contribution in [0.5, 0.6) is 5.75 Å². The van der Waals surface area contributed by atoms with Crippen LogP contribution in [-0.2, 0) is 11.2 Å². The first kappa shape index (κ1) is 13.4. The summed E-state index contributed by atoms with van der Waals surface area (Å²) >= 11 is 0. The van der Waals surface area contributed by atoms with E-state index in [-0.39, 0.29) is 12.5 Å². The van der Waals surface area contributed by atoms with Crippen molar-refractivity contribution < 1.29 is 9.53 Å². The highest BCUT2D eigenvalue weighted by Crippen LogP contribution is 2.33. The molecule has 0 radical (unpaired) electrons. The highest BCUT2D eigenvalue weighted by Gasteiger charge is 2.29. The third-order valence-electron chi connectivity index (χ3n) is 4.39. The van der Waals surface area contributed by atoms with E-state index >= 15 is 0 Å². The van der Waals surface area contributed by atoms with Crippen LogP contribution in [0.2, 0.25) is 0 Å². The third-order valence-corrected chi connectivity index (χ3v) is 4.39. The normalized spacial score (nSPS) is 20.6. The molecule has 2 aliphatic rings. The van der Waals surface area contributed by atoms with Gasteiger partial charge in [-0.1, -0.05) is 6.07 Å². The SMILES string of the molecule is CNC1CCc2cc(OCC(=O)N(C)C3CC3)ccc21. The fourth-order valence-corrected chi connectivity index (χ4v) is 2.90. The lowest BCUT2D eigenvalue weighted by Gasteiger charge is -2.17. The van der Waals surface area contributed by atoms with Crippen LogP contribution < -0.4 is 10.1 Å². The number of nitrogens with zero attached hydrogens (tertiary/aromatic N) is 1. The number of aryl methyl sites for hydroxylation is 1. The van der Waals surface area contributed by atoms with Crippen molar-refractivity contribution in [3.05, 3.63) is 29.3 Å². The van der Waals surface area contributed by atoms with Crippen LogP contribution >= 0.6 is 0 Å². The number of nitrogens with one attached hydrogen (secondary N) is 1. The minimum absolute atomic E-state index is 0.0705. The van der Waals surface area contributed by atoms with Gasteiger partial charge >= 0.3 is 0 Å². The molecule has 0 aliphatic heterocycles. The highest BCUT2D eigenvalue weighted by molar-refractivity contribution is 5.78. The van der Waals surface area contributed by atoms with Crippen molar-refractivity contribution in [2.24, 2.45) is 0 Å². The molecule has 1 N–H and O–H groups in total. The minimum atomic E-state index is 0.0705. The Balaban J connectivity index is 1.60. The molecule has 2 aliphatic carbocycles. The molecule has 108 valence electrons. The molecule has 1 aromatic carbocycles. The number of likely N-dealkylation sites (N-methyl/N-ethyl adjacent to an activating group) is 1. The lowest BCUT2D eigenvalue weighted by Crippen LogP contribution is -2.33. The number of rotatable bonds is 5. The number of ether oxygens (including phenoxy) is 1. The van der Waals surface area contributed by atoms with E-state index in [0.29, 0.717) is 12.1 Å². The smallest absolute Gasteiger partial charge is 0.260 e. The van der Waals surface area contributed by atoms with E-state index in [1.54, 1.807) is 0 Å². The molecule has 1 unspecified atom stereocenters. The van der Waals surface area contributed by atoms with E-state index in [2.05, 4.69) is 17.4 Å². The molecule has 1 aromatic rings. The molecule has 1 saturated carbocycles. The summed E-state index contributed by atoms with van der Waals surface area (Å²) in [4.78, 5) is 13.7. The van der Waals surface area contributed by atoms with Crippen LogP contribution in [0.25, 0.3) is 0 Å². The molecule has 0 spiro atoms. The fraction of sp³-hybridized carbons (Fsp3) is 0.562. The second-order valence-corrected chi connectivity index (χ2v) is 5.77. The Kier molecular flexibility index (Phi) is 3.66. The van der Waals surface area contributed by atoms with Gasteiger partial charge in [0.25, 0.3) is 5.91 Å². The Hall–Kier alpha value is -1.55. The number of benzene rings is 1. The van der Waals surface area contributed by atoms with Crippen LogP contribution in [0.4, 0.5) is 0 Å². The second kappa shape index (κ2) is 5.44. The molecule has 0 heterocycles. The molecular formula is C16H22N2O2. The number of fused-ring (bicyclic) bond motifs is 1. The molecule has 4 heteroatoms. The average molecular weight is 274 g/mol. The summed E-state index contributed by atoms with van der Waals surface area (Å²) in [7, 11) is 3.86. The van der Waals surface area contributed by atoms with Crippen LogP contribution in [-0.4, -0.2) is 37.6 Å². The zero-order chi connectivity index (χ0) is 14.1. The van der Waals surface area contributed by atoms with Crippen molar-refractivity contribution in [3.8, 4) is 5.75 Å². The number of hydrogen-bond acceptors (Lipinski definition) is 3. The van der Waals surface area contributed by atoms with Crippen molar-refractivity contribution >= 4 is 5.91 Å². The molecule has 4 nitrogen and oxygen atoms in total. The van der Waals surface area contributed by atoms with Gasteiger partial charge in [0.2, 0.25) is 0 Å². The van der Waals surface area contributed by atoms with Gasteiger partial charge in [0.1, 0.15) is 5.75 Å². The summed E-state index contributed by atoms with van der Waals surface area (Å²) in [5, 5.41) is 3.32. The van der Waals surface area contributed by atoms with E-state index in [9.17, 15) is 4.79 Å². The van der Waals surface area contributed by atoms with Gasteiger partial charge in [-0.2, -0.15) is 0 Å². The molecule has 0 bridgehead atoms. The molecule has 1 amide bonds. The van der Waals surface area contributed by atoms with Gasteiger partial charge in [0, 0.05) is 19.1 Å². The molecule has 20 heavy (non-hydrogen) atoms. The average Bonchev–Trinajstić information content (AvgIpc) is 3.24. The van der Waals surface area contributed by atoms with Crippen LogP contribution in [0.3, 0.4) is 0 Å². The van der Waals surface area contributed by atoms with Crippen molar-refractivity contribution in [1.29, 1.82) is 0 Å². The Bertz CT molecular complexity index is 511. The minimum Gasteiger partial charge on any atom is -0.484 e. The van der Waals surface area contributed by atoms with Crippen molar-refractivity contribution in [2.45, 2.75) is 37.8 Å². The van der Waals surface area contributed by atoms with Gasteiger partial charge in [-0.05, 0) is 56.0 Å². The largest absolute Gasteiger partial charge is 0.484 e. The number of carbonyl (C=O) groups is 1. The van der Waals surface area contributed by atoms with Gasteiger partial charge in [0.15, 0.2) is 6.61 Å². The van der Waals surface area contributed by atoms with Gasteiger partial charge < -0.3 is 15.0 Å². The van der Waals surface area contributed by atoms with Crippen LogP contribution in [0, 0.1) is 0 Å². The van der Waals surface area contributed by atoms with Gasteiger partial charge in [0.05, 0.1) is 0 Å². The quantitative estimate of drug-likeness (QED) is 0.891. The molecule has 0 saturated heterocycles. The molecule has 3 rings (SSSR count). The van der Waals surface area contributed by atoms with Gasteiger partial charge in [-0.25, -0.2) is 0 Å². The Morgan fingerprint density at radius 1 is 1.40 bits per heavy atom. The van der Waals surface area contributed by atoms with E-state index < -0.39 is 0 Å². The van der Waals surface area contributed by atoms with Crippen LogP contribution in [0.1, 0.15) is 36.4 Å². The van der Waals surface area contributed by atoms with Crippen molar-refractivity contribution in [1.82, 2.24) is 10.2 Å². The summed E-state index contributed by atoms with van der Waals surface area (Å²) in [5.41, 5.74) is 2.70. The maximum atomic E-state index is 11.9. The standard InChI is InChI=1S/C16H22N2O2/c1-17-15-8-3-11-9-13(6-7-14(11)15)20-10-16(19)18(2)12-4-5-12/h6-7,9,12,15,17H,3-5,8,10H2,1-2H3. The Labute approximate surface area is 120 Å². The summed E-state index contributed by atoms with van der Waals surface area (Å²) in [5.74, 6) is 0.874. The summed E-state index contributed by atoms with van der Waals surface area (Å²) in [6.45, 7) is 0.140. The summed E-state index contributed by atoms with van der Waals surface area (Å²) in [6, 6.07) is 7.08. The summed E-state index contributed by atoms with van der Waals surface area (Å²) in [6.07, 6.45) is 4.48. The maximum absolute atomic E-state index is 11.9. The molecule has 1 atom stereocenters. The third kappa shape index (κ3) is 2.66. The van der Waals surface area contributed by atoms with E-state index in [1.165, 1.54) is 11.1 Å². The number of carbonyl (C=O) groups excluding carboxylic acids is 1. The lowest BCUT2D eigenvalue weighted by atomic mass is 10.1. The fourth-order valence-electron chi connectivity index (χ4n) is 2.90. The van der Waals surface area contributed by atoms with Gasteiger partial charge in [-0.3, -0.25) is 4.79 Å². The topological polar surface area (TPSA) is 41.6 Å². The lowest BCUT2D eigenvalue weighted by molar-refractivity contribution is -0.132. The number of amides is 1. The van der Waals surface area contributed by atoms with Gasteiger partial charge in [-0.15, -0.1) is 0 Å². The highest BCUT2D eigenvalue weighted by atomic mass is 16.5. The molecule has 0 aromatic heterocycles. The predicted molar refractivity (Wildman–Crippen MR) is 77.9 cm³/mol. The van der Waals surface area contributed by atoms with E-state index in [4.69, 9.17) is 4.74 Å². The van der Waals surface area contributed by atoms with Crippen molar-refractivity contribution in [3.63, 3.8) is 0 Å². The Morgan fingerprint density at radius 2 is 2.20 bits per heavy atom. The maximum Gasteiger partial charge on any atom is 0.260 e. The zero-order valence-corrected chi connectivity index (χ0v) is 12.2. The first-order valence-electron chi connectivity index (χ1n) is 7.37. The van der Waals surface area contributed by atoms with E-state index in [0.717, 1.165) is 31.4 Å². The molecular weight excluding hydrogens is 252 g/mol. The zero-order valence-electron chi connectivity index (χ0n) is 12.2. The number of hydrogen-bond donors (Lipinski definition) is 1. The first-order valence-corrected chi connectivity index (χ1v) is 7.37. The van der Waals surface area contributed by atoms with E-state index in [1.807, 2.05) is 25.1 Å². The van der Waals surface area contributed by atoms with Crippen LogP contribution in [0.15, 0.2) is 18.2 Å². The summed E-state index contributed by atoms with van der Waals surface area (Å²) < 4.78 is 5.65.